The second kappa shape index (κ2) is 7.83. The lowest BCUT2D eigenvalue weighted by molar-refractivity contribution is -0.301. The molecule has 0 aliphatic carbocycles. The van der Waals surface area contributed by atoms with E-state index in [1.165, 1.54) is 0 Å². The number of unbranched alkanes of at least 4 members (excludes halogenated alkanes) is 3. The summed E-state index contributed by atoms with van der Waals surface area (Å²) in [4.78, 5) is 28.3. The summed E-state index contributed by atoms with van der Waals surface area (Å²) in [6.07, 6.45) is 4.47. The lowest BCUT2D eigenvalue weighted by Gasteiger charge is -2.06. The van der Waals surface area contributed by atoms with Crippen LogP contribution in [0.5, 0.6) is 5.88 Å². The van der Waals surface area contributed by atoms with E-state index >= 15 is 0 Å². The highest BCUT2D eigenvalue weighted by Gasteiger charge is 2.10. The van der Waals surface area contributed by atoms with Gasteiger partial charge in [0.05, 0.1) is 11.5 Å². The van der Waals surface area contributed by atoms with E-state index in [9.17, 15) is 19.8 Å². The minimum atomic E-state index is -1.25. The number of carboxylic acid groups (broad SMARTS) is 1. The molecule has 0 spiro atoms. The first-order valence-electron chi connectivity index (χ1n) is 6.19. The van der Waals surface area contributed by atoms with Crippen LogP contribution >= 0.6 is 11.8 Å². The fourth-order valence-electron chi connectivity index (χ4n) is 1.62. The molecular weight excluding hydrogens is 268 g/mol. The Balaban J connectivity index is 2.68. The number of aromatic nitrogens is 2. The molecule has 2 N–H and O–H groups in total. The third kappa shape index (κ3) is 5.34. The normalized spacial score (nSPS) is 10.6. The Labute approximate surface area is 115 Å². The van der Waals surface area contributed by atoms with E-state index in [0.717, 1.165) is 37.4 Å². The Morgan fingerprint density at radius 1 is 1.42 bits per heavy atom. The number of hydrogen-bond donors (Lipinski definition) is 2. The van der Waals surface area contributed by atoms with E-state index in [1.807, 2.05) is 0 Å². The molecule has 7 heteroatoms. The molecule has 1 heterocycles. The Morgan fingerprint density at radius 2 is 2.16 bits per heavy atom. The number of hydrogen-bond acceptors (Lipinski definition) is 6. The van der Waals surface area contributed by atoms with Crippen LogP contribution in [0.3, 0.4) is 0 Å². The number of carbonyl (C=O) groups excluding carboxylic acids is 1. The van der Waals surface area contributed by atoms with Gasteiger partial charge in [-0.15, -0.1) is 0 Å². The SMILES string of the molecule is CCCCCCc1c(O)nc(SCC(=O)[O-])[nH]c1=O. The van der Waals surface area contributed by atoms with Crippen molar-refractivity contribution in [1.82, 2.24) is 9.97 Å². The summed E-state index contributed by atoms with van der Waals surface area (Å²) < 4.78 is 0. The lowest BCUT2D eigenvalue weighted by atomic mass is 10.1. The van der Waals surface area contributed by atoms with Gasteiger partial charge in [0.1, 0.15) is 0 Å². The molecule has 0 aliphatic rings. The molecule has 0 fully saturated rings. The molecule has 0 saturated carbocycles. The van der Waals surface area contributed by atoms with Gasteiger partial charge in [0.25, 0.3) is 5.56 Å². The highest BCUT2D eigenvalue weighted by Crippen LogP contribution is 2.17. The Hall–Kier alpha value is -1.50. The van der Waals surface area contributed by atoms with E-state index in [4.69, 9.17) is 0 Å². The number of aromatic amines is 1. The Bertz CT molecular complexity index is 487. The Morgan fingerprint density at radius 3 is 2.74 bits per heavy atom. The van der Waals surface area contributed by atoms with Gasteiger partial charge in [-0.05, 0) is 12.8 Å². The molecule has 0 saturated heterocycles. The molecule has 0 amide bonds. The number of nitrogens with zero attached hydrogens (tertiary/aromatic N) is 1. The highest BCUT2D eigenvalue weighted by molar-refractivity contribution is 7.99. The zero-order chi connectivity index (χ0) is 14.3. The van der Waals surface area contributed by atoms with Crippen LogP contribution in [0.2, 0.25) is 0 Å². The summed E-state index contributed by atoms with van der Waals surface area (Å²) in [6.45, 7) is 2.09. The first kappa shape index (κ1) is 15.6. The van der Waals surface area contributed by atoms with Crippen LogP contribution in [0.25, 0.3) is 0 Å². The quantitative estimate of drug-likeness (QED) is 0.408. The lowest BCUT2D eigenvalue weighted by Crippen LogP contribution is -2.24. The monoisotopic (exact) mass is 285 g/mol. The minimum absolute atomic E-state index is 0.0870. The number of carbonyl (C=O) groups is 1. The van der Waals surface area contributed by atoms with Crippen molar-refractivity contribution in [2.45, 2.75) is 44.2 Å². The topological polar surface area (TPSA) is 106 Å². The molecule has 1 aromatic heterocycles. The summed E-state index contributed by atoms with van der Waals surface area (Å²) in [5.74, 6) is -1.89. The smallest absolute Gasteiger partial charge is 0.258 e. The van der Waals surface area contributed by atoms with Gasteiger partial charge < -0.3 is 20.0 Å². The van der Waals surface area contributed by atoms with E-state index in [1.54, 1.807) is 0 Å². The average molecular weight is 285 g/mol. The molecular formula is C12H17N2O4S-. The van der Waals surface area contributed by atoms with E-state index in [0.29, 0.717) is 6.42 Å². The van der Waals surface area contributed by atoms with E-state index in [-0.39, 0.29) is 22.4 Å². The number of rotatable bonds is 8. The molecule has 0 aromatic carbocycles. The van der Waals surface area contributed by atoms with Crippen LogP contribution in [-0.4, -0.2) is 26.8 Å². The second-order valence-corrected chi connectivity index (χ2v) is 5.11. The molecule has 106 valence electrons. The zero-order valence-electron chi connectivity index (χ0n) is 10.8. The third-order valence-electron chi connectivity index (χ3n) is 2.58. The van der Waals surface area contributed by atoms with E-state index in [2.05, 4.69) is 16.9 Å². The summed E-state index contributed by atoms with van der Waals surface area (Å²) >= 11 is 0.809. The maximum atomic E-state index is 11.7. The van der Waals surface area contributed by atoms with Crippen molar-refractivity contribution < 1.29 is 15.0 Å². The van der Waals surface area contributed by atoms with Gasteiger partial charge in [0.15, 0.2) is 5.16 Å². The molecule has 6 nitrogen and oxygen atoms in total. The standard InChI is InChI=1S/C12H18N2O4S/c1-2-3-4-5-6-8-10(17)13-12(14-11(8)18)19-7-9(15)16/h2-7H2,1H3,(H,15,16)(H2,13,14,17,18)/p-1. The van der Waals surface area contributed by atoms with Crippen molar-refractivity contribution in [3.63, 3.8) is 0 Å². The molecule has 1 aromatic rings. The minimum Gasteiger partial charge on any atom is -0.549 e. The fourth-order valence-corrected chi connectivity index (χ4v) is 2.19. The molecule has 1 rings (SSSR count). The molecule has 0 unspecified atom stereocenters. The van der Waals surface area contributed by atoms with Gasteiger partial charge in [0, 0.05) is 5.75 Å². The molecule has 0 aliphatic heterocycles. The van der Waals surface area contributed by atoms with Crippen LogP contribution < -0.4 is 10.7 Å². The van der Waals surface area contributed by atoms with Gasteiger partial charge >= 0.3 is 0 Å². The van der Waals surface area contributed by atoms with Crippen molar-refractivity contribution in [2.24, 2.45) is 0 Å². The van der Waals surface area contributed by atoms with Crippen molar-refractivity contribution in [1.29, 1.82) is 0 Å². The van der Waals surface area contributed by atoms with Gasteiger partial charge in [-0.25, -0.2) is 0 Å². The van der Waals surface area contributed by atoms with Crippen LogP contribution in [0.1, 0.15) is 38.2 Å². The molecule has 0 atom stereocenters. The summed E-state index contributed by atoms with van der Waals surface area (Å²) in [5.41, 5.74) is -0.154. The van der Waals surface area contributed by atoms with E-state index < -0.39 is 11.5 Å². The maximum absolute atomic E-state index is 11.7. The number of nitrogens with one attached hydrogen (secondary N) is 1. The Kier molecular flexibility index (Phi) is 6.41. The highest BCUT2D eigenvalue weighted by atomic mass is 32.2. The van der Waals surface area contributed by atoms with Crippen molar-refractivity contribution >= 4 is 17.7 Å². The van der Waals surface area contributed by atoms with Crippen LogP contribution in [0, 0.1) is 0 Å². The number of carboxylic acids is 1. The van der Waals surface area contributed by atoms with Crippen LogP contribution in [0.15, 0.2) is 9.95 Å². The molecule has 0 bridgehead atoms. The summed E-state index contributed by atoms with van der Waals surface area (Å²) in [5, 5.41) is 20.1. The number of H-pyrrole nitrogens is 1. The number of aliphatic carboxylic acids is 1. The number of aromatic hydroxyl groups is 1. The second-order valence-electron chi connectivity index (χ2n) is 4.14. The fraction of sp³-hybridized carbons (Fsp3) is 0.583. The molecule has 0 radical (unpaired) electrons. The van der Waals surface area contributed by atoms with Gasteiger partial charge in [0.2, 0.25) is 5.88 Å². The van der Waals surface area contributed by atoms with Crippen molar-refractivity contribution in [3.05, 3.63) is 15.9 Å². The van der Waals surface area contributed by atoms with Crippen molar-refractivity contribution in [2.75, 3.05) is 5.75 Å². The summed E-state index contributed by atoms with van der Waals surface area (Å²) in [6, 6.07) is 0. The van der Waals surface area contributed by atoms with Gasteiger partial charge in [-0.2, -0.15) is 4.98 Å². The largest absolute Gasteiger partial charge is 0.549 e. The summed E-state index contributed by atoms with van der Waals surface area (Å²) in [7, 11) is 0. The predicted octanol–water partition coefficient (Wildman–Crippen LogP) is 0.440. The average Bonchev–Trinajstić information content (AvgIpc) is 2.34. The van der Waals surface area contributed by atoms with Crippen molar-refractivity contribution in [3.8, 4) is 5.88 Å². The predicted molar refractivity (Wildman–Crippen MR) is 70.1 cm³/mol. The first-order chi connectivity index (χ1) is 9.04. The van der Waals surface area contributed by atoms with Gasteiger partial charge in [-0.3, -0.25) is 4.79 Å². The van der Waals surface area contributed by atoms with Crippen LogP contribution in [-0.2, 0) is 11.2 Å². The first-order valence-corrected chi connectivity index (χ1v) is 7.18. The van der Waals surface area contributed by atoms with Gasteiger partial charge in [-0.1, -0.05) is 37.9 Å². The number of thioether (sulfide) groups is 1. The van der Waals surface area contributed by atoms with Crippen LogP contribution in [0.4, 0.5) is 0 Å². The molecule has 19 heavy (non-hydrogen) atoms. The zero-order valence-corrected chi connectivity index (χ0v) is 11.6. The maximum Gasteiger partial charge on any atom is 0.258 e. The third-order valence-corrected chi connectivity index (χ3v) is 3.43.